The molecule has 0 N–H and O–H groups in total. The van der Waals surface area contributed by atoms with Crippen molar-refractivity contribution >= 4 is 37.0 Å². The number of allylic oxidation sites excluding steroid dienone is 2. The Morgan fingerprint density at radius 2 is 0.810 bits per heavy atom. The van der Waals surface area contributed by atoms with E-state index in [1.54, 1.807) is 33.4 Å². The summed E-state index contributed by atoms with van der Waals surface area (Å²) in [5.74, 6) is 0. The molecule has 0 aromatic heterocycles. The van der Waals surface area contributed by atoms with Crippen LogP contribution < -0.4 is 0 Å². The van der Waals surface area contributed by atoms with E-state index in [4.69, 9.17) is 0 Å². The molecule has 2 unspecified atom stereocenters. The van der Waals surface area contributed by atoms with Crippen molar-refractivity contribution in [1.82, 2.24) is 0 Å². The number of halogens is 2. The first-order chi connectivity index (χ1) is 26.2. The van der Waals surface area contributed by atoms with Crippen LogP contribution in [0.5, 0.6) is 0 Å². The second-order valence-electron chi connectivity index (χ2n) is 22.1. The summed E-state index contributed by atoms with van der Waals surface area (Å²) in [5, 5.41) is 0. The molecule has 0 spiro atoms. The molecule has 2 atom stereocenters. The quantitative estimate of drug-likeness (QED) is 0.154. The molecule has 4 aromatic carbocycles. The molecule has 0 nitrogen and oxygen atoms in total. The summed E-state index contributed by atoms with van der Waals surface area (Å²) < 4.78 is 4.35. The first kappa shape index (κ1) is 46.9. The Labute approximate surface area is 371 Å². The molecule has 3 aliphatic rings. The van der Waals surface area contributed by atoms with Crippen LogP contribution in [0.25, 0.3) is 34.4 Å². The van der Waals surface area contributed by atoms with Gasteiger partial charge in [0.15, 0.2) is 0 Å². The van der Waals surface area contributed by atoms with Crippen LogP contribution >= 0.6 is 24.8 Å². The molecule has 0 saturated carbocycles. The average Bonchev–Trinajstić information content (AvgIpc) is 3.65. The smallest absolute Gasteiger partial charge is 0.147 e. The largest absolute Gasteiger partial charge is 0.147 e. The van der Waals surface area contributed by atoms with Gasteiger partial charge in [-0.3, -0.25) is 0 Å². The number of hydrogen-bond donors (Lipinski definition) is 0. The molecule has 3 heteroatoms. The minimum absolute atomic E-state index is 0. The summed E-state index contributed by atoms with van der Waals surface area (Å²) in [5.41, 5.74) is 21.8. The Bertz CT molecular complexity index is 1980. The van der Waals surface area contributed by atoms with E-state index in [9.17, 15) is 0 Å². The predicted octanol–water partition coefficient (Wildman–Crippen LogP) is 17.6. The molecule has 2 aliphatic carbocycles. The minimum atomic E-state index is -3.19. The monoisotopic (exact) mass is 984 g/mol. The third-order valence-corrected chi connectivity index (χ3v) is 36.2. The maximum absolute atomic E-state index is 3.19. The minimum Gasteiger partial charge on any atom is -0.147 e. The van der Waals surface area contributed by atoms with Crippen LogP contribution in [0.1, 0.15) is 181 Å². The molecule has 58 heavy (non-hydrogen) atoms. The van der Waals surface area contributed by atoms with Gasteiger partial charge in [-0.25, -0.2) is 0 Å². The van der Waals surface area contributed by atoms with Crippen molar-refractivity contribution in [2.24, 2.45) is 0 Å². The molecule has 4 aromatic rings. The van der Waals surface area contributed by atoms with Gasteiger partial charge >= 0.3 is 349 Å². The van der Waals surface area contributed by atoms with E-state index in [2.05, 4.69) is 182 Å². The van der Waals surface area contributed by atoms with Gasteiger partial charge in [0.2, 0.25) is 0 Å². The first-order valence-corrected chi connectivity index (χ1v) is 31.4. The molecule has 1 fully saturated rings. The fourth-order valence-electron chi connectivity index (χ4n) is 10.4. The second kappa shape index (κ2) is 16.9. The number of fused-ring (bicyclic) bond motifs is 2. The van der Waals surface area contributed by atoms with E-state index in [1.807, 2.05) is 0 Å². The van der Waals surface area contributed by atoms with Crippen LogP contribution in [-0.2, 0) is 41.6 Å². The molecule has 0 bridgehead atoms. The Morgan fingerprint density at radius 1 is 0.483 bits per heavy atom. The maximum atomic E-state index is 2.72. The summed E-state index contributed by atoms with van der Waals surface area (Å²) in [7, 11) is 0. The van der Waals surface area contributed by atoms with E-state index in [1.165, 1.54) is 85.0 Å². The maximum Gasteiger partial charge on any atom is -0.147 e. The van der Waals surface area contributed by atoms with Crippen LogP contribution in [0.2, 0.25) is 8.35 Å². The summed E-state index contributed by atoms with van der Waals surface area (Å²) in [4.78, 5) is 0. The Balaban J connectivity index is 0.00000320. The zero-order chi connectivity index (χ0) is 40.6. The normalized spacial score (nSPS) is 18.7. The van der Waals surface area contributed by atoms with E-state index < -0.39 is 20.0 Å². The number of hydrogen-bond acceptors (Lipinski definition) is 0. The van der Waals surface area contributed by atoms with Gasteiger partial charge in [0.25, 0.3) is 0 Å². The van der Waals surface area contributed by atoms with Crippen molar-refractivity contribution in [2.75, 3.05) is 0 Å². The van der Waals surface area contributed by atoms with Crippen molar-refractivity contribution in [3.05, 3.63) is 128 Å². The molecule has 0 amide bonds. The fraction of sp³-hybridized carbons (Fsp3) is 0.491. The molecule has 1 saturated heterocycles. The van der Waals surface area contributed by atoms with Crippen molar-refractivity contribution in [3.8, 4) is 22.3 Å². The van der Waals surface area contributed by atoms with Crippen molar-refractivity contribution < 1.29 is 20.0 Å². The Hall–Kier alpha value is -2.19. The summed E-state index contributed by atoms with van der Waals surface area (Å²) in [6, 6.07) is 29.9. The molecule has 312 valence electrons. The molecular formula is C55H74Cl2Hf. The molecule has 1 aliphatic heterocycles. The Kier molecular flexibility index (Phi) is 13.7. The second-order valence-corrected chi connectivity index (χ2v) is 38.7. The van der Waals surface area contributed by atoms with Gasteiger partial charge in [-0.2, -0.15) is 0 Å². The van der Waals surface area contributed by atoms with Gasteiger partial charge in [-0.15, -0.1) is 24.8 Å². The van der Waals surface area contributed by atoms with Crippen LogP contribution in [-0.4, -0.2) is 0 Å². The molecular weight excluding hydrogens is 910 g/mol. The topological polar surface area (TPSA) is 0 Å². The fourth-order valence-corrected chi connectivity index (χ4v) is 33.2. The van der Waals surface area contributed by atoms with Gasteiger partial charge in [0.1, 0.15) is 0 Å². The first-order valence-electron chi connectivity index (χ1n) is 22.2. The van der Waals surface area contributed by atoms with Gasteiger partial charge < -0.3 is 0 Å². The average molecular weight is 985 g/mol. The third kappa shape index (κ3) is 8.64. The molecule has 1 heterocycles. The van der Waals surface area contributed by atoms with Crippen LogP contribution in [0.4, 0.5) is 0 Å². The number of benzene rings is 4. The van der Waals surface area contributed by atoms with Crippen molar-refractivity contribution in [3.63, 3.8) is 0 Å². The SMILES string of the molecule is CCCC1=Cc2c(-c3cc(C(C)(C)C)cc(C(C)(C)C)c3)cccc2[CH]1[Hf]1([CH]2C(CCC)=Cc3c(-c4cc(C(C)(C)C)cc(C(C)(C)C)c4)cccc32)[CH2]C[CH2]1.Cl.Cl. The van der Waals surface area contributed by atoms with E-state index in [0.29, 0.717) is 7.35 Å². The number of rotatable bonds is 8. The van der Waals surface area contributed by atoms with Gasteiger partial charge in [-0.1, -0.05) is 0 Å². The summed E-state index contributed by atoms with van der Waals surface area (Å²) >= 11 is -3.19. The van der Waals surface area contributed by atoms with Crippen molar-refractivity contribution in [2.45, 2.75) is 166 Å². The van der Waals surface area contributed by atoms with E-state index >= 15 is 0 Å². The van der Waals surface area contributed by atoms with E-state index in [-0.39, 0.29) is 46.5 Å². The van der Waals surface area contributed by atoms with Crippen molar-refractivity contribution in [1.29, 1.82) is 0 Å². The van der Waals surface area contributed by atoms with Crippen LogP contribution in [0, 0.1) is 0 Å². The van der Waals surface area contributed by atoms with Gasteiger partial charge in [-0.05, 0) is 0 Å². The standard InChI is InChI=1S/2C26H33.C3H6.2ClH.Hf/c2*1-8-10-18-13-19-11-9-12-23(24(19)14-18)20-15-21(25(2,3)4)17-22(16-20)26(5,6)7;1-3-2;;;/h2*9,11-17H,8,10H2,1-7H3;1-3H2;2*1H;. The van der Waals surface area contributed by atoms with Gasteiger partial charge in [0, 0.05) is 0 Å². The van der Waals surface area contributed by atoms with Gasteiger partial charge in [0.05, 0.1) is 0 Å². The molecule has 0 radical (unpaired) electrons. The summed E-state index contributed by atoms with van der Waals surface area (Å²) in [6.07, 6.45) is 11.7. The summed E-state index contributed by atoms with van der Waals surface area (Å²) in [6.45, 7) is 33.3. The van der Waals surface area contributed by atoms with Crippen LogP contribution in [0.3, 0.4) is 0 Å². The third-order valence-electron chi connectivity index (χ3n) is 13.8. The zero-order valence-electron chi connectivity index (χ0n) is 38.5. The Morgan fingerprint density at radius 3 is 1.07 bits per heavy atom. The van der Waals surface area contributed by atoms with E-state index in [0.717, 1.165) is 0 Å². The van der Waals surface area contributed by atoms with Crippen LogP contribution in [0.15, 0.2) is 83.9 Å². The predicted molar refractivity (Wildman–Crippen MR) is 259 cm³/mol. The zero-order valence-corrected chi connectivity index (χ0v) is 43.7. The molecule has 7 rings (SSSR count).